The number of aromatic nitrogens is 6. The van der Waals surface area contributed by atoms with Crippen LogP contribution < -0.4 is 5.32 Å². The number of carbonyl (C=O) groups excluding carboxylic acids is 1. The van der Waals surface area contributed by atoms with Gasteiger partial charge in [-0.1, -0.05) is 36.4 Å². The summed E-state index contributed by atoms with van der Waals surface area (Å²) in [5, 5.41) is 15.5. The Labute approximate surface area is 159 Å². The first-order chi connectivity index (χ1) is 13.8. The molecule has 1 amide bonds. The lowest BCUT2D eigenvalue weighted by Gasteiger charge is -2.05. The largest absolute Gasteiger partial charge is 0.345 e. The molecule has 0 radical (unpaired) electrons. The molecule has 8 heteroatoms. The second-order valence-electron chi connectivity index (χ2n) is 6.22. The molecule has 5 aromatic rings. The Morgan fingerprint density at radius 2 is 1.86 bits per heavy atom. The summed E-state index contributed by atoms with van der Waals surface area (Å²) < 4.78 is 3.51. The van der Waals surface area contributed by atoms with Crippen LogP contribution in [0, 0.1) is 0 Å². The molecule has 0 bridgehead atoms. The zero-order valence-electron chi connectivity index (χ0n) is 14.7. The highest BCUT2D eigenvalue weighted by Gasteiger charge is 2.16. The third kappa shape index (κ3) is 2.67. The summed E-state index contributed by atoms with van der Waals surface area (Å²) in [6.45, 7) is 0.250. The van der Waals surface area contributed by atoms with Gasteiger partial charge in [-0.05, 0) is 18.2 Å². The molecule has 5 rings (SSSR count). The Kier molecular flexibility index (Phi) is 3.79. The van der Waals surface area contributed by atoms with Gasteiger partial charge in [-0.25, -0.2) is 9.50 Å². The summed E-state index contributed by atoms with van der Waals surface area (Å²) in [6, 6.07) is 17.4. The van der Waals surface area contributed by atoms with Gasteiger partial charge in [-0.15, -0.1) is 10.2 Å². The lowest BCUT2D eigenvalue weighted by atomic mass is 10.1. The predicted octanol–water partition coefficient (Wildman–Crippen LogP) is 2.37. The number of hydrogen-bond acceptors (Lipinski definition) is 5. The van der Waals surface area contributed by atoms with E-state index in [4.69, 9.17) is 0 Å². The molecule has 136 valence electrons. The van der Waals surface area contributed by atoms with E-state index in [1.807, 2.05) is 65.2 Å². The van der Waals surface area contributed by atoms with Crippen molar-refractivity contribution in [2.75, 3.05) is 0 Å². The maximum Gasteiger partial charge on any atom is 0.257 e. The van der Waals surface area contributed by atoms with Crippen LogP contribution in [0.4, 0.5) is 0 Å². The molecule has 1 aromatic carbocycles. The SMILES string of the molecule is O=C(NCc1nnc2ccccn12)c1cnn2c(-c3ccccc3)ccnc12. The molecule has 0 atom stereocenters. The van der Waals surface area contributed by atoms with Crippen molar-refractivity contribution in [2.24, 2.45) is 0 Å². The van der Waals surface area contributed by atoms with E-state index in [1.165, 1.54) is 6.20 Å². The predicted molar refractivity (Wildman–Crippen MR) is 103 cm³/mol. The number of pyridine rings is 1. The number of benzene rings is 1. The van der Waals surface area contributed by atoms with Crippen LogP contribution in [0.2, 0.25) is 0 Å². The molecule has 0 fully saturated rings. The Bertz CT molecular complexity index is 1290. The Hall–Kier alpha value is -4.07. The van der Waals surface area contributed by atoms with Crippen LogP contribution in [-0.2, 0) is 6.54 Å². The van der Waals surface area contributed by atoms with Gasteiger partial charge in [0, 0.05) is 18.0 Å². The molecular weight excluding hydrogens is 354 g/mol. The smallest absolute Gasteiger partial charge is 0.257 e. The monoisotopic (exact) mass is 369 g/mol. The van der Waals surface area contributed by atoms with Crippen LogP contribution in [0.25, 0.3) is 22.6 Å². The van der Waals surface area contributed by atoms with Crippen molar-refractivity contribution in [3.8, 4) is 11.3 Å². The molecule has 4 aromatic heterocycles. The highest BCUT2D eigenvalue weighted by molar-refractivity contribution is 5.99. The summed E-state index contributed by atoms with van der Waals surface area (Å²) in [6.07, 6.45) is 5.08. The highest BCUT2D eigenvalue weighted by atomic mass is 16.1. The van der Waals surface area contributed by atoms with E-state index < -0.39 is 0 Å². The van der Waals surface area contributed by atoms with Gasteiger partial charge in [-0.3, -0.25) is 9.20 Å². The van der Waals surface area contributed by atoms with E-state index in [-0.39, 0.29) is 12.5 Å². The second-order valence-corrected chi connectivity index (χ2v) is 6.22. The van der Waals surface area contributed by atoms with E-state index in [2.05, 4.69) is 25.6 Å². The molecule has 0 spiro atoms. The Morgan fingerprint density at radius 1 is 1.00 bits per heavy atom. The fraction of sp³-hybridized carbons (Fsp3) is 0.0500. The van der Waals surface area contributed by atoms with Gasteiger partial charge in [0.15, 0.2) is 17.1 Å². The molecule has 0 aliphatic rings. The number of hydrogen-bond donors (Lipinski definition) is 1. The zero-order chi connectivity index (χ0) is 18.9. The maximum atomic E-state index is 12.7. The molecule has 0 aliphatic heterocycles. The first kappa shape index (κ1) is 16.1. The normalized spacial score (nSPS) is 11.1. The van der Waals surface area contributed by atoms with Crippen LogP contribution in [0.5, 0.6) is 0 Å². The van der Waals surface area contributed by atoms with Gasteiger partial charge in [0.05, 0.1) is 18.4 Å². The van der Waals surface area contributed by atoms with Crippen molar-refractivity contribution >= 4 is 17.2 Å². The molecule has 4 heterocycles. The third-order valence-electron chi connectivity index (χ3n) is 4.51. The van der Waals surface area contributed by atoms with E-state index >= 15 is 0 Å². The van der Waals surface area contributed by atoms with Crippen molar-refractivity contribution in [3.05, 3.63) is 84.6 Å². The van der Waals surface area contributed by atoms with Gasteiger partial charge in [0.25, 0.3) is 5.91 Å². The fourth-order valence-corrected chi connectivity index (χ4v) is 3.15. The number of nitrogens with one attached hydrogen (secondary N) is 1. The number of amides is 1. The summed E-state index contributed by atoms with van der Waals surface area (Å²) in [5.41, 5.74) is 3.52. The molecular formula is C20H15N7O. The second kappa shape index (κ2) is 6.58. The summed E-state index contributed by atoms with van der Waals surface area (Å²) in [4.78, 5) is 17.1. The minimum Gasteiger partial charge on any atom is -0.345 e. The van der Waals surface area contributed by atoms with E-state index in [9.17, 15) is 4.79 Å². The molecule has 0 saturated carbocycles. The van der Waals surface area contributed by atoms with Gasteiger partial charge < -0.3 is 5.32 Å². The minimum absolute atomic E-state index is 0.250. The average molecular weight is 369 g/mol. The topological polar surface area (TPSA) is 89.5 Å². The lowest BCUT2D eigenvalue weighted by molar-refractivity contribution is 0.0951. The Morgan fingerprint density at radius 3 is 2.75 bits per heavy atom. The van der Waals surface area contributed by atoms with Crippen molar-refractivity contribution in [1.82, 2.24) is 34.5 Å². The van der Waals surface area contributed by atoms with Gasteiger partial charge in [-0.2, -0.15) is 5.10 Å². The van der Waals surface area contributed by atoms with Crippen molar-refractivity contribution in [1.29, 1.82) is 0 Å². The van der Waals surface area contributed by atoms with Gasteiger partial charge >= 0.3 is 0 Å². The molecule has 1 N–H and O–H groups in total. The summed E-state index contributed by atoms with van der Waals surface area (Å²) in [5.74, 6) is 0.388. The number of fused-ring (bicyclic) bond motifs is 2. The van der Waals surface area contributed by atoms with Crippen LogP contribution >= 0.6 is 0 Å². The molecule has 8 nitrogen and oxygen atoms in total. The number of nitrogens with zero attached hydrogens (tertiary/aromatic N) is 6. The van der Waals surface area contributed by atoms with Crippen molar-refractivity contribution < 1.29 is 4.79 Å². The first-order valence-electron chi connectivity index (χ1n) is 8.76. The van der Waals surface area contributed by atoms with Crippen molar-refractivity contribution in [2.45, 2.75) is 6.54 Å². The number of rotatable bonds is 4. The maximum absolute atomic E-state index is 12.7. The molecule has 28 heavy (non-hydrogen) atoms. The van der Waals surface area contributed by atoms with Gasteiger partial charge in [0.2, 0.25) is 0 Å². The Balaban J connectivity index is 1.44. The molecule has 0 unspecified atom stereocenters. The standard InChI is InChI=1S/C20H15N7O/c28-20(22-13-18-25-24-17-8-4-5-11-26(17)18)15-12-23-27-16(9-10-21-19(15)27)14-6-2-1-3-7-14/h1-12H,13H2,(H,22,28). The summed E-state index contributed by atoms with van der Waals surface area (Å²) >= 11 is 0. The van der Waals surface area contributed by atoms with E-state index in [0.29, 0.717) is 17.0 Å². The molecule has 0 aliphatic carbocycles. The van der Waals surface area contributed by atoms with Crippen LogP contribution in [-0.4, -0.2) is 35.1 Å². The fourth-order valence-electron chi connectivity index (χ4n) is 3.15. The lowest BCUT2D eigenvalue weighted by Crippen LogP contribution is -2.24. The minimum atomic E-state index is -0.264. The average Bonchev–Trinajstić information content (AvgIpc) is 3.37. The van der Waals surface area contributed by atoms with Crippen LogP contribution in [0.15, 0.2) is 73.2 Å². The third-order valence-corrected chi connectivity index (χ3v) is 4.51. The van der Waals surface area contributed by atoms with E-state index in [1.54, 1.807) is 10.7 Å². The first-order valence-corrected chi connectivity index (χ1v) is 8.76. The van der Waals surface area contributed by atoms with Crippen LogP contribution in [0.1, 0.15) is 16.2 Å². The summed E-state index contributed by atoms with van der Waals surface area (Å²) in [7, 11) is 0. The number of carbonyl (C=O) groups is 1. The quantitative estimate of drug-likeness (QED) is 0.525. The van der Waals surface area contributed by atoms with Crippen molar-refractivity contribution in [3.63, 3.8) is 0 Å². The highest BCUT2D eigenvalue weighted by Crippen LogP contribution is 2.20. The molecule has 0 saturated heterocycles. The van der Waals surface area contributed by atoms with Gasteiger partial charge in [0.1, 0.15) is 5.56 Å². The zero-order valence-corrected chi connectivity index (χ0v) is 14.7. The van der Waals surface area contributed by atoms with Crippen LogP contribution in [0.3, 0.4) is 0 Å². The van der Waals surface area contributed by atoms with E-state index in [0.717, 1.165) is 16.9 Å².